The predicted molar refractivity (Wildman–Crippen MR) is 66.3 cm³/mol. The lowest BCUT2D eigenvalue weighted by atomic mass is 10.3. The normalized spacial score (nSPS) is 12.7. The van der Waals surface area contributed by atoms with E-state index >= 15 is 0 Å². The van der Waals surface area contributed by atoms with E-state index in [-0.39, 0.29) is 0 Å². The second-order valence-electron chi connectivity index (χ2n) is 3.63. The van der Waals surface area contributed by atoms with E-state index in [1.807, 2.05) is 4.72 Å². The molecule has 0 aromatic heterocycles. The number of nitrogens with one attached hydrogen (secondary N) is 1. The van der Waals surface area contributed by atoms with Gasteiger partial charge in [-0.1, -0.05) is 6.07 Å². The number of non-ortho nitro benzene ring substituents is 1. The summed E-state index contributed by atoms with van der Waals surface area (Å²) in [7, 11) is -3.16. The van der Waals surface area contributed by atoms with Gasteiger partial charge in [-0.2, -0.15) is 4.72 Å². The van der Waals surface area contributed by atoms with Gasteiger partial charge in [0, 0.05) is 12.1 Å². The summed E-state index contributed by atoms with van der Waals surface area (Å²) in [6.45, 7) is -0.805. The van der Waals surface area contributed by atoms with E-state index < -0.39 is 44.1 Å². The third-order valence-electron chi connectivity index (χ3n) is 2.30. The van der Waals surface area contributed by atoms with Gasteiger partial charge in [0.15, 0.2) is 0 Å². The number of sulfonamides is 1. The summed E-state index contributed by atoms with van der Waals surface area (Å²) >= 11 is 0. The van der Waals surface area contributed by atoms with Crippen LogP contribution in [0.5, 0.6) is 0 Å². The zero-order valence-electron chi connectivity index (χ0n) is 10.3. The molecule has 2 N–H and O–H groups in total. The summed E-state index contributed by atoms with van der Waals surface area (Å²) in [5.41, 5.74) is -0.411. The molecule has 10 heteroatoms. The Hall–Kier alpha value is -2.04. The number of carbonyl (C=O) groups is 1. The fourth-order valence-corrected chi connectivity index (χ4v) is 2.54. The first-order chi connectivity index (χ1) is 9.31. The predicted octanol–water partition coefficient (Wildman–Crippen LogP) is -0.593. The van der Waals surface area contributed by atoms with Crippen LogP contribution in [-0.2, 0) is 19.6 Å². The molecule has 0 aliphatic carbocycles. The van der Waals surface area contributed by atoms with Gasteiger partial charge in [-0.3, -0.25) is 14.9 Å². The fourth-order valence-electron chi connectivity index (χ4n) is 1.32. The monoisotopic (exact) mass is 304 g/mol. The molecule has 0 aliphatic rings. The third-order valence-corrected chi connectivity index (χ3v) is 3.77. The summed E-state index contributed by atoms with van der Waals surface area (Å²) in [4.78, 5) is 20.7. The average molecular weight is 304 g/mol. The highest BCUT2D eigenvalue weighted by Gasteiger charge is 2.26. The van der Waals surface area contributed by atoms with Crippen molar-refractivity contribution in [1.29, 1.82) is 0 Å². The van der Waals surface area contributed by atoms with Crippen LogP contribution in [0.4, 0.5) is 5.69 Å². The van der Waals surface area contributed by atoms with Crippen molar-refractivity contribution < 1.29 is 28.0 Å². The molecular weight excluding hydrogens is 292 g/mol. The third kappa shape index (κ3) is 3.73. The maximum absolute atomic E-state index is 11.9. The van der Waals surface area contributed by atoms with Crippen molar-refractivity contribution in [2.24, 2.45) is 0 Å². The summed E-state index contributed by atoms with van der Waals surface area (Å²) in [5, 5.41) is 19.5. The van der Waals surface area contributed by atoms with E-state index in [2.05, 4.69) is 4.74 Å². The van der Waals surface area contributed by atoms with Gasteiger partial charge in [-0.05, 0) is 6.07 Å². The molecule has 0 aliphatic heterocycles. The number of nitro benzene ring substituents is 1. The Morgan fingerprint density at radius 2 is 2.20 bits per heavy atom. The molecule has 0 bridgehead atoms. The van der Waals surface area contributed by atoms with Gasteiger partial charge in [0.2, 0.25) is 10.0 Å². The molecule has 110 valence electrons. The zero-order chi connectivity index (χ0) is 15.3. The van der Waals surface area contributed by atoms with Gasteiger partial charge in [0.05, 0.1) is 23.5 Å². The van der Waals surface area contributed by atoms with Crippen LogP contribution in [0.25, 0.3) is 0 Å². The molecule has 1 atom stereocenters. The number of esters is 1. The fraction of sp³-hybridized carbons (Fsp3) is 0.300. The lowest BCUT2D eigenvalue weighted by molar-refractivity contribution is -0.385. The standard InChI is InChI=1S/C10H12N2O7S/c1-19-10(14)9(6-13)11-20(17,18)8-4-2-3-7(5-8)12(15)16/h2-5,9,11,13H,6H2,1H3. The molecule has 0 spiro atoms. The van der Waals surface area contributed by atoms with Crippen molar-refractivity contribution in [2.75, 3.05) is 13.7 Å². The Morgan fingerprint density at radius 1 is 1.55 bits per heavy atom. The second-order valence-corrected chi connectivity index (χ2v) is 5.35. The number of benzene rings is 1. The highest BCUT2D eigenvalue weighted by molar-refractivity contribution is 7.89. The van der Waals surface area contributed by atoms with Crippen LogP contribution in [0, 0.1) is 10.1 Å². The molecule has 1 aromatic carbocycles. The highest BCUT2D eigenvalue weighted by atomic mass is 32.2. The molecule has 1 unspecified atom stereocenters. The second kappa shape index (κ2) is 6.41. The van der Waals surface area contributed by atoms with E-state index in [9.17, 15) is 23.3 Å². The number of aliphatic hydroxyl groups is 1. The smallest absolute Gasteiger partial charge is 0.326 e. The number of nitrogens with zero attached hydrogens (tertiary/aromatic N) is 1. The summed E-state index contributed by atoms with van der Waals surface area (Å²) in [5.74, 6) is -0.971. The van der Waals surface area contributed by atoms with Crippen molar-refractivity contribution >= 4 is 21.7 Å². The maximum atomic E-state index is 11.9. The number of ether oxygens (including phenoxy) is 1. The van der Waals surface area contributed by atoms with Gasteiger partial charge in [-0.15, -0.1) is 0 Å². The molecule has 1 rings (SSSR count). The quantitative estimate of drug-likeness (QED) is 0.407. The summed E-state index contributed by atoms with van der Waals surface area (Å²) in [6, 6.07) is 2.81. The Balaban J connectivity index is 3.07. The van der Waals surface area contributed by atoms with E-state index in [4.69, 9.17) is 5.11 Å². The van der Waals surface area contributed by atoms with E-state index in [1.165, 1.54) is 6.07 Å². The van der Waals surface area contributed by atoms with Crippen molar-refractivity contribution in [1.82, 2.24) is 4.72 Å². The molecular formula is C10H12N2O7S. The Kier molecular flexibility index (Phi) is 5.13. The summed E-state index contributed by atoms with van der Waals surface area (Å²) in [6.07, 6.45) is 0. The first-order valence-electron chi connectivity index (χ1n) is 5.27. The summed E-state index contributed by atoms with van der Waals surface area (Å²) < 4.78 is 30.1. The van der Waals surface area contributed by atoms with Crippen LogP contribution < -0.4 is 4.72 Å². The van der Waals surface area contributed by atoms with E-state index in [1.54, 1.807) is 0 Å². The molecule has 1 aromatic rings. The van der Waals surface area contributed by atoms with E-state index in [0.717, 1.165) is 25.3 Å². The minimum Gasteiger partial charge on any atom is -0.468 e. The molecule has 0 saturated carbocycles. The van der Waals surface area contributed by atoms with Crippen LogP contribution in [0.3, 0.4) is 0 Å². The molecule has 9 nitrogen and oxygen atoms in total. The van der Waals surface area contributed by atoms with Gasteiger partial charge in [-0.25, -0.2) is 8.42 Å². The number of nitro groups is 1. The highest BCUT2D eigenvalue weighted by Crippen LogP contribution is 2.17. The molecule has 0 heterocycles. The van der Waals surface area contributed by atoms with Crippen molar-refractivity contribution in [3.05, 3.63) is 34.4 Å². The first kappa shape index (κ1) is 16.0. The largest absolute Gasteiger partial charge is 0.468 e. The van der Waals surface area contributed by atoms with Crippen LogP contribution in [0.1, 0.15) is 0 Å². The average Bonchev–Trinajstić information content (AvgIpc) is 2.44. The Labute approximate surface area is 114 Å². The van der Waals surface area contributed by atoms with Crippen molar-refractivity contribution in [3.63, 3.8) is 0 Å². The number of methoxy groups -OCH3 is 1. The van der Waals surface area contributed by atoms with E-state index in [0.29, 0.717) is 0 Å². The van der Waals surface area contributed by atoms with Crippen LogP contribution in [0.2, 0.25) is 0 Å². The van der Waals surface area contributed by atoms with Crippen LogP contribution >= 0.6 is 0 Å². The maximum Gasteiger partial charge on any atom is 0.326 e. The van der Waals surface area contributed by atoms with Crippen LogP contribution in [0.15, 0.2) is 29.2 Å². The van der Waals surface area contributed by atoms with Crippen LogP contribution in [-0.4, -0.2) is 44.2 Å². The minimum atomic E-state index is -4.20. The number of carbonyl (C=O) groups excluding carboxylic acids is 1. The number of rotatable bonds is 6. The number of hydrogen-bond acceptors (Lipinski definition) is 7. The minimum absolute atomic E-state index is 0.394. The van der Waals surface area contributed by atoms with Gasteiger partial charge in [0.1, 0.15) is 6.04 Å². The lowest BCUT2D eigenvalue weighted by Crippen LogP contribution is -2.43. The molecule has 0 saturated heterocycles. The molecule has 0 fully saturated rings. The van der Waals surface area contributed by atoms with Crippen molar-refractivity contribution in [2.45, 2.75) is 10.9 Å². The van der Waals surface area contributed by atoms with Gasteiger partial charge < -0.3 is 9.84 Å². The Bertz CT molecular complexity index is 614. The lowest BCUT2D eigenvalue weighted by Gasteiger charge is -2.13. The molecule has 0 amide bonds. The first-order valence-corrected chi connectivity index (χ1v) is 6.75. The number of hydrogen-bond donors (Lipinski definition) is 2. The molecule has 20 heavy (non-hydrogen) atoms. The Morgan fingerprint density at radius 3 is 2.70 bits per heavy atom. The topological polar surface area (TPSA) is 136 Å². The molecule has 0 radical (unpaired) electrons. The SMILES string of the molecule is COC(=O)C(CO)NS(=O)(=O)c1cccc([N+](=O)[O-])c1. The zero-order valence-corrected chi connectivity index (χ0v) is 11.2. The van der Waals surface area contributed by atoms with Crippen molar-refractivity contribution in [3.8, 4) is 0 Å². The van der Waals surface area contributed by atoms with Gasteiger partial charge >= 0.3 is 5.97 Å². The van der Waals surface area contributed by atoms with Gasteiger partial charge in [0.25, 0.3) is 5.69 Å². The number of aliphatic hydroxyl groups excluding tert-OH is 1.